The van der Waals surface area contributed by atoms with E-state index in [0.29, 0.717) is 40.6 Å². The fourth-order valence-corrected chi connectivity index (χ4v) is 4.61. The SMILES string of the molecule is COc1ccc(-n2cc(-c3ccc(Cl)cc3)nc2NC(=O)CN(CC2CC2)C(=O)Cc2ccccc2)cc1OC. The number of carbonyl (C=O) groups is 2. The molecule has 206 valence electrons. The lowest BCUT2D eigenvalue weighted by atomic mass is 10.1. The molecule has 1 heterocycles. The van der Waals surface area contributed by atoms with E-state index < -0.39 is 0 Å². The molecule has 1 fully saturated rings. The fourth-order valence-electron chi connectivity index (χ4n) is 4.49. The topological polar surface area (TPSA) is 85.7 Å². The summed E-state index contributed by atoms with van der Waals surface area (Å²) in [6, 6.07) is 22.4. The lowest BCUT2D eigenvalue weighted by Gasteiger charge is -2.22. The van der Waals surface area contributed by atoms with Crippen molar-refractivity contribution in [2.45, 2.75) is 19.3 Å². The molecular weight excluding hydrogens is 528 g/mol. The van der Waals surface area contributed by atoms with Gasteiger partial charge >= 0.3 is 0 Å². The van der Waals surface area contributed by atoms with Gasteiger partial charge in [0.15, 0.2) is 11.5 Å². The number of halogens is 1. The number of hydrogen-bond acceptors (Lipinski definition) is 5. The average molecular weight is 559 g/mol. The molecule has 1 saturated carbocycles. The molecule has 1 aliphatic carbocycles. The van der Waals surface area contributed by atoms with Crippen LogP contribution in [0.15, 0.2) is 79.0 Å². The van der Waals surface area contributed by atoms with Gasteiger partial charge in [-0.15, -0.1) is 0 Å². The van der Waals surface area contributed by atoms with E-state index in [-0.39, 0.29) is 24.8 Å². The predicted octanol–water partition coefficient (Wildman–Crippen LogP) is 5.63. The second-order valence-electron chi connectivity index (χ2n) is 9.79. The molecular formula is C31H31ClN4O4. The van der Waals surface area contributed by atoms with Gasteiger partial charge in [-0.05, 0) is 48.6 Å². The predicted molar refractivity (Wildman–Crippen MR) is 155 cm³/mol. The van der Waals surface area contributed by atoms with Crippen molar-refractivity contribution in [3.8, 4) is 28.4 Å². The van der Waals surface area contributed by atoms with Gasteiger partial charge in [-0.2, -0.15) is 0 Å². The summed E-state index contributed by atoms with van der Waals surface area (Å²) in [4.78, 5) is 32.9. The molecule has 0 unspecified atom stereocenters. The molecule has 1 N–H and O–H groups in total. The standard InChI is InChI=1S/C31H31ClN4O4/c1-39-27-15-14-25(17-28(27)40-2)36-19-26(23-10-12-24(32)13-11-23)33-31(36)34-29(37)20-35(18-22-8-9-22)30(38)16-21-6-4-3-5-7-21/h3-7,10-15,17,19,22H,8-9,16,18,20H2,1-2H3,(H,33,34,37). The number of aromatic nitrogens is 2. The Bertz CT molecular complexity index is 1480. The summed E-state index contributed by atoms with van der Waals surface area (Å²) in [5.41, 5.74) is 3.13. The summed E-state index contributed by atoms with van der Waals surface area (Å²) in [6.07, 6.45) is 4.24. The second kappa shape index (κ2) is 12.3. The average Bonchev–Trinajstić information content (AvgIpc) is 3.70. The lowest BCUT2D eigenvalue weighted by Crippen LogP contribution is -2.40. The number of methoxy groups -OCH3 is 2. The molecule has 3 aromatic carbocycles. The highest BCUT2D eigenvalue weighted by Gasteiger charge is 2.28. The van der Waals surface area contributed by atoms with Crippen LogP contribution in [0.25, 0.3) is 16.9 Å². The van der Waals surface area contributed by atoms with Crippen molar-refractivity contribution in [3.63, 3.8) is 0 Å². The van der Waals surface area contributed by atoms with E-state index in [2.05, 4.69) is 5.32 Å². The highest BCUT2D eigenvalue weighted by atomic mass is 35.5. The molecule has 0 atom stereocenters. The van der Waals surface area contributed by atoms with Gasteiger partial charge in [0.25, 0.3) is 0 Å². The van der Waals surface area contributed by atoms with Gasteiger partial charge in [0.1, 0.15) is 0 Å². The van der Waals surface area contributed by atoms with E-state index in [9.17, 15) is 9.59 Å². The first-order chi connectivity index (χ1) is 19.4. The first-order valence-electron chi connectivity index (χ1n) is 13.1. The van der Waals surface area contributed by atoms with Gasteiger partial charge < -0.3 is 14.4 Å². The summed E-state index contributed by atoms with van der Waals surface area (Å²) in [7, 11) is 3.14. The number of carbonyl (C=O) groups excluding carboxylic acids is 2. The Balaban J connectivity index is 1.41. The summed E-state index contributed by atoms with van der Waals surface area (Å²) >= 11 is 6.09. The number of nitrogens with zero attached hydrogens (tertiary/aromatic N) is 3. The minimum atomic E-state index is -0.322. The van der Waals surface area contributed by atoms with Gasteiger partial charge in [0.2, 0.25) is 17.8 Å². The third-order valence-electron chi connectivity index (χ3n) is 6.80. The van der Waals surface area contributed by atoms with E-state index in [1.165, 1.54) is 0 Å². The Labute approximate surface area is 238 Å². The Kier molecular flexibility index (Phi) is 8.36. The number of amides is 2. The second-order valence-corrected chi connectivity index (χ2v) is 10.2. The number of imidazole rings is 1. The van der Waals surface area contributed by atoms with Crippen molar-refractivity contribution in [3.05, 3.63) is 89.6 Å². The summed E-state index contributed by atoms with van der Waals surface area (Å²) in [5.74, 6) is 1.50. The molecule has 5 rings (SSSR count). The van der Waals surface area contributed by atoms with Gasteiger partial charge in [-0.25, -0.2) is 4.98 Å². The highest BCUT2D eigenvalue weighted by Crippen LogP contribution is 2.32. The van der Waals surface area contributed by atoms with Crippen molar-refractivity contribution in [1.82, 2.24) is 14.5 Å². The Morgan fingerprint density at radius 2 is 1.73 bits per heavy atom. The fraction of sp³-hybridized carbons (Fsp3) is 0.258. The quantitative estimate of drug-likeness (QED) is 0.258. The van der Waals surface area contributed by atoms with Crippen LogP contribution in [0.3, 0.4) is 0 Å². The number of hydrogen-bond donors (Lipinski definition) is 1. The summed E-state index contributed by atoms with van der Waals surface area (Å²) in [5, 5.41) is 3.56. The van der Waals surface area contributed by atoms with Gasteiger partial charge in [0.05, 0.1) is 38.6 Å². The Morgan fingerprint density at radius 1 is 1.00 bits per heavy atom. The van der Waals surface area contributed by atoms with Crippen LogP contribution in [0.2, 0.25) is 5.02 Å². The van der Waals surface area contributed by atoms with E-state index in [4.69, 9.17) is 26.1 Å². The lowest BCUT2D eigenvalue weighted by molar-refractivity contribution is -0.134. The zero-order valence-electron chi connectivity index (χ0n) is 22.5. The van der Waals surface area contributed by atoms with Crippen LogP contribution in [0.4, 0.5) is 5.95 Å². The number of nitrogens with one attached hydrogen (secondary N) is 1. The number of benzene rings is 3. The molecule has 0 bridgehead atoms. The first-order valence-corrected chi connectivity index (χ1v) is 13.5. The minimum Gasteiger partial charge on any atom is -0.493 e. The van der Waals surface area contributed by atoms with Crippen LogP contribution in [0, 0.1) is 5.92 Å². The van der Waals surface area contributed by atoms with E-state index in [0.717, 1.165) is 29.7 Å². The van der Waals surface area contributed by atoms with Gasteiger partial charge in [-0.1, -0.05) is 54.1 Å². The smallest absolute Gasteiger partial charge is 0.246 e. The normalized spacial score (nSPS) is 12.6. The first kappa shape index (κ1) is 27.3. The van der Waals surface area contributed by atoms with Crippen LogP contribution in [0.1, 0.15) is 18.4 Å². The van der Waals surface area contributed by atoms with Crippen molar-refractivity contribution in [2.24, 2.45) is 5.92 Å². The van der Waals surface area contributed by atoms with E-state index in [1.807, 2.05) is 60.8 Å². The zero-order valence-corrected chi connectivity index (χ0v) is 23.2. The molecule has 1 aromatic heterocycles. The molecule has 8 nitrogen and oxygen atoms in total. The molecule has 0 radical (unpaired) electrons. The summed E-state index contributed by atoms with van der Waals surface area (Å²) in [6.45, 7) is 0.510. The Morgan fingerprint density at radius 3 is 2.40 bits per heavy atom. The van der Waals surface area contributed by atoms with Crippen molar-refractivity contribution in [2.75, 3.05) is 32.6 Å². The third-order valence-corrected chi connectivity index (χ3v) is 7.06. The maximum atomic E-state index is 13.4. The molecule has 4 aromatic rings. The minimum absolute atomic E-state index is 0.0583. The largest absolute Gasteiger partial charge is 0.493 e. The monoisotopic (exact) mass is 558 g/mol. The van der Waals surface area contributed by atoms with Crippen molar-refractivity contribution >= 4 is 29.4 Å². The molecule has 2 amide bonds. The van der Waals surface area contributed by atoms with Gasteiger partial charge in [-0.3, -0.25) is 19.5 Å². The van der Waals surface area contributed by atoms with Crippen LogP contribution < -0.4 is 14.8 Å². The Hall–Kier alpha value is -4.30. The highest BCUT2D eigenvalue weighted by molar-refractivity contribution is 6.30. The number of anilines is 1. The van der Waals surface area contributed by atoms with E-state index in [1.54, 1.807) is 41.9 Å². The van der Waals surface area contributed by atoms with Crippen molar-refractivity contribution < 1.29 is 19.1 Å². The van der Waals surface area contributed by atoms with Crippen molar-refractivity contribution in [1.29, 1.82) is 0 Å². The van der Waals surface area contributed by atoms with E-state index >= 15 is 0 Å². The molecule has 40 heavy (non-hydrogen) atoms. The van der Waals surface area contributed by atoms with Crippen LogP contribution in [0.5, 0.6) is 11.5 Å². The van der Waals surface area contributed by atoms with Crippen LogP contribution >= 0.6 is 11.6 Å². The number of rotatable bonds is 11. The number of ether oxygens (including phenoxy) is 2. The molecule has 0 saturated heterocycles. The molecule has 0 spiro atoms. The maximum absolute atomic E-state index is 13.4. The molecule has 1 aliphatic rings. The zero-order chi connectivity index (χ0) is 28.1. The third kappa shape index (κ3) is 6.63. The molecule has 9 heteroatoms. The maximum Gasteiger partial charge on any atom is 0.246 e. The molecule has 0 aliphatic heterocycles. The van der Waals surface area contributed by atoms with Crippen LogP contribution in [-0.2, 0) is 16.0 Å². The summed E-state index contributed by atoms with van der Waals surface area (Å²) < 4.78 is 12.7. The van der Waals surface area contributed by atoms with Gasteiger partial charge in [0, 0.05) is 29.4 Å². The van der Waals surface area contributed by atoms with Crippen LogP contribution in [-0.4, -0.2) is 53.6 Å².